The van der Waals surface area contributed by atoms with E-state index in [-0.39, 0.29) is 0 Å². The largest absolute Gasteiger partial charge is 0.493 e. The Morgan fingerprint density at radius 1 is 1.05 bits per heavy atom. The van der Waals surface area contributed by atoms with Gasteiger partial charge in [-0.2, -0.15) is 0 Å². The number of pyridine rings is 1. The van der Waals surface area contributed by atoms with Crippen LogP contribution in [0.25, 0.3) is 10.8 Å². The van der Waals surface area contributed by atoms with E-state index in [1.54, 1.807) is 20.4 Å². The van der Waals surface area contributed by atoms with Gasteiger partial charge in [0, 0.05) is 37.8 Å². The number of rotatable bonds is 7. The first-order chi connectivity index (χ1) is 10.2. The Morgan fingerprint density at radius 3 is 2.24 bits per heavy atom. The molecule has 0 fully saturated rings. The molecule has 21 heavy (non-hydrogen) atoms. The molecule has 0 saturated heterocycles. The molecular formula is C15H22N4O2. The third kappa shape index (κ3) is 3.17. The zero-order chi connectivity index (χ0) is 15.2. The Morgan fingerprint density at radius 2 is 1.67 bits per heavy atom. The molecule has 0 unspecified atom stereocenters. The fourth-order valence-corrected chi connectivity index (χ4v) is 2.37. The Kier molecular flexibility index (Phi) is 5.19. The lowest BCUT2D eigenvalue weighted by atomic mass is 10.1. The van der Waals surface area contributed by atoms with Gasteiger partial charge in [-0.3, -0.25) is 0 Å². The molecule has 0 spiro atoms. The van der Waals surface area contributed by atoms with Crippen molar-refractivity contribution in [2.75, 3.05) is 45.3 Å². The zero-order valence-electron chi connectivity index (χ0n) is 12.5. The number of fused-ring (bicyclic) bond motifs is 1. The number of ether oxygens (including phenoxy) is 2. The molecule has 2 aromatic rings. The first-order valence-electron chi connectivity index (χ1n) is 6.91. The van der Waals surface area contributed by atoms with Crippen LogP contribution in [0.1, 0.15) is 0 Å². The molecule has 0 bridgehead atoms. The molecule has 2 rings (SSSR count). The quantitative estimate of drug-likeness (QED) is 0.790. The van der Waals surface area contributed by atoms with Gasteiger partial charge in [0.05, 0.1) is 14.2 Å². The number of hydrogen-bond acceptors (Lipinski definition) is 6. The molecule has 1 heterocycles. The highest BCUT2D eigenvalue weighted by atomic mass is 16.5. The van der Waals surface area contributed by atoms with Gasteiger partial charge in [0.1, 0.15) is 5.82 Å². The summed E-state index contributed by atoms with van der Waals surface area (Å²) in [5.74, 6) is 2.25. The fourth-order valence-electron chi connectivity index (χ4n) is 2.37. The first-order valence-corrected chi connectivity index (χ1v) is 6.91. The predicted molar refractivity (Wildman–Crippen MR) is 85.2 cm³/mol. The SMILES string of the molecule is COc1cc2ccnc(N(CCN)CCN)c2cc1OC. The van der Waals surface area contributed by atoms with Crippen LogP contribution in [0.3, 0.4) is 0 Å². The maximum Gasteiger partial charge on any atom is 0.161 e. The lowest BCUT2D eigenvalue weighted by Crippen LogP contribution is -2.34. The van der Waals surface area contributed by atoms with Gasteiger partial charge >= 0.3 is 0 Å². The second-order valence-electron chi connectivity index (χ2n) is 4.63. The van der Waals surface area contributed by atoms with E-state index in [0.717, 1.165) is 16.6 Å². The maximum absolute atomic E-state index is 5.69. The van der Waals surface area contributed by atoms with E-state index >= 15 is 0 Å². The summed E-state index contributed by atoms with van der Waals surface area (Å²) in [6.45, 7) is 2.51. The van der Waals surface area contributed by atoms with E-state index < -0.39 is 0 Å². The number of hydrogen-bond donors (Lipinski definition) is 2. The lowest BCUT2D eigenvalue weighted by molar-refractivity contribution is 0.356. The summed E-state index contributed by atoms with van der Waals surface area (Å²) in [6.07, 6.45) is 1.78. The number of nitrogens with two attached hydrogens (primary N) is 2. The molecule has 1 aromatic heterocycles. The van der Waals surface area contributed by atoms with Gasteiger partial charge in [-0.15, -0.1) is 0 Å². The minimum Gasteiger partial charge on any atom is -0.493 e. The number of aromatic nitrogens is 1. The molecule has 0 radical (unpaired) electrons. The summed E-state index contributed by atoms with van der Waals surface area (Å²) in [6, 6.07) is 5.84. The molecule has 4 N–H and O–H groups in total. The van der Waals surface area contributed by atoms with Crippen molar-refractivity contribution >= 4 is 16.6 Å². The van der Waals surface area contributed by atoms with Crippen LogP contribution in [0, 0.1) is 0 Å². The molecule has 1 aromatic carbocycles. The fraction of sp³-hybridized carbons (Fsp3) is 0.400. The predicted octanol–water partition coefficient (Wildman–Crippen LogP) is 0.976. The average molecular weight is 290 g/mol. The summed E-state index contributed by atoms with van der Waals surface area (Å²) in [5.41, 5.74) is 11.4. The van der Waals surface area contributed by atoms with Gasteiger partial charge in [-0.1, -0.05) is 0 Å². The maximum atomic E-state index is 5.69. The molecule has 0 aliphatic heterocycles. The van der Waals surface area contributed by atoms with Crippen LogP contribution < -0.4 is 25.8 Å². The lowest BCUT2D eigenvalue weighted by Gasteiger charge is -2.24. The summed E-state index contributed by atoms with van der Waals surface area (Å²) in [7, 11) is 3.25. The summed E-state index contributed by atoms with van der Waals surface area (Å²) in [5, 5.41) is 2.04. The Bertz CT molecular complexity index is 597. The van der Waals surface area contributed by atoms with Gasteiger partial charge < -0.3 is 25.8 Å². The van der Waals surface area contributed by atoms with Crippen LogP contribution in [0.15, 0.2) is 24.4 Å². The van der Waals surface area contributed by atoms with Crippen molar-refractivity contribution in [3.63, 3.8) is 0 Å². The highest BCUT2D eigenvalue weighted by molar-refractivity contribution is 5.94. The molecule has 0 saturated carbocycles. The van der Waals surface area contributed by atoms with Gasteiger partial charge in [-0.05, 0) is 23.6 Å². The molecule has 6 nitrogen and oxygen atoms in total. The highest BCUT2D eigenvalue weighted by Crippen LogP contribution is 2.35. The van der Waals surface area contributed by atoms with Crippen molar-refractivity contribution in [1.82, 2.24) is 4.98 Å². The van der Waals surface area contributed by atoms with Gasteiger partial charge in [0.2, 0.25) is 0 Å². The molecule has 114 valence electrons. The van der Waals surface area contributed by atoms with Crippen molar-refractivity contribution in [1.29, 1.82) is 0 Å². The minimum absolute atomic E-state index is 0.547. The van der Waals surface area contributed by atoms with Crippen LogP contribution in [0.5, 0.6) is 11.5 Å². The highest BCUT2D eigenvalue weighted by Gasteiger charge is 2.14. The van der Waals surface area contributed by atoms with Crippen LogP contribution >= 0.6 is 0 Å². The van der Waals surface area contributed by atoms with E-state index in [2.05, 4.69) is 9.88 Å². The summed E-state index contributed by atoms with van der Waals surface area (Å²) in [4.78, 5) is 6.59. The van der Waals surface area contributed by atoms with Gasteiger partial charge in [0.15, 0.2) is 11.5 Å². The van der Waals surface area contributed by atoms with Crippen molar-refractivity contribution in [2.45, 2.75) is 0 Å². The second-order valence-corrected chi connectivity index (χ2v) is 4.63. The number of methoxy groups -OCH3 is 2. The summed E-state index contributed by atoms with van der Waals surface area (Å²) < 4.78 is 10.7. The molecule has 0 aliphatic rings. The number of benzene rings is 1. The molecule has 0 amide bonds. The molecule has 0 aliphatic carbocycles. The van der Waals surface area contributed by atoms with Crippen molar-refractivity contribution in [3.8, 4) is 11.5 Å². The molecule has 0 atom stereocenters. The second kappa shape index (κ2) is 7.10. The Hall–Kier alpha value is -2.05. The van der Waals surface area contributed by atoms with Crippen LogP contribution in [-0.2, 0) is 0 Å². The van der Waals surface area contributed by atoms with Crippen LogP contribution in [0.4, 0.5) is 5.82 Å². The normalized spacial score (nSPS) is 10.7. The van der Waals surface area contributed by atoms with Crippen molar-refractivity contribution < 1.29 is 9.47 Å². The third-order valence-corrected chi connectivity index (χ3v) is 3.35. The minimum atomic E-state index is 0.547. The third-order valence-electron chi connectivity index (χ3n) is 3.35. The van der Waals surface area contributed by atoms with E-state index in [4.69, 9.17) is 20.9 Å². The van der Waals surface area contributed by atoms with E-state index in [9.17, 15) is 0 Å². The van der Waals surface area contributed by atoms with E-state index in [1.165, 1.54) is 0 Å². The molecule has 6 heteroatoms. The monoisotopic (exact) mass is 290 g/mol. The average Bonchev–Trinajstić information content (AvgIpc) is 2.52. The smallest absolute Gasteiger partial charge is 0.161 e. The Balaban J connectivity index is 2.57. The zero-order valence-corrected chi connectivity index (χ0v) is 12.5. The van der Waals surface area contributed by atoms with Gasteiger partial charge in [-0.25, -0.2) is 4.98 Å². The topological polar surface area (TPSA) is 86.6 Å². The van der Waals surface area contributed by atoms with Crippen molar-refractivity contribution in [3.05, 3.63) is 24.4 Å². The van der Waals surface area contributed by atoms with Gasteiger partial charge in [0.25, 0.3) is 0 Å². The van der Waals surface area contributed by atoms with Crippen LogP contribution in [0.2, 0.25) is 0 Å². The number of nitrogens with zero attached hydrogens (tertiary/aromatic N) is 2. The number of anilines is 1. The summed E-state index contributed by atoms with van der Waals surface area (Å²) >= 11 is 0. The van der Waals surface area contributed by atoms with E-state index in [0.29, 0.717) is 37.7 Å². The standard InChI is InChI=1S/C15H22N4O2/c1-20-13-9-11-3-6-18-15(12(11)10-14(13)21-2)19(7-4-16)8-5-17/h3,6,9-10H,4-5,7-8,16-17H2,1-2H3. The van der Waals surface area contributed by atoms with Crippen molar-refractivity contribution in [2.24, 2.45) is 11.5 Å². The van der Waals surface area contributed by atoms with E-state index in [1.807, 2.05) is 18.2 Å². The first kappa shape index (κ1) is 15.3. The van der Waals surface area contributed by atoms with Crippen LogP contribution in [-0.4, -0.2) is 45.4 Å². The molecular weight excluding hydrogens is 268 g/mol. The Labute approximate surface area is 124 Å².